The largest absolute Gasteiger partial charge is 0.365 e. The van der Waals surface area contributed by atoms with Crippen LogP contribution in [0, 0.1) is 0 Å². The molecule has 0 fully saturated rings. The lowest BCUT2D eigenvalue weighted by Gasteiger charge is -2.00. The van der Waals surface area contributed by atoms with Gasteiger partial charge >= 0.3 is 0 Å². The van der Waals surface area contributed by atoms with Crippen LogP contribution in [0.5, 0.6) is 0 Å². The molecule has 2 heterocycles. The average molecular weight is 197 g/mol. The van der Waals surface area contributed by atoms with E-state index in [-0.39, 0.29) is 5.91 Å². The van der Waals surface area contributed by atoms with E-state index in [1.165, 1.54) is 16.2 Å². The number of primary amides is 1. The molecule has 0 radical (unpaired) electrons. The van der Waals surface area contributed by atoms with Crippen LogP contribution in [0.15, 0.2) is 17.0 Å². The van der Waals surface area contributed by atoms with E-state index in [2.05, 4.69) is 6.08 Å². The molecule has 1 aliphatic heterocycles. The van der Waals surface area contributed by atoms with Crippen molar-refractivity contribution in [2.75, 3.05) is 5.75 Å². The van der Waals surface area contributed by atoms with Gasteiger partial charge in [-0.05, 0) is 12.1 Å². The number of thiophene rings is 1. The Morgan fingerprint density at radius 1 is 1.58 bits per heavy atom. The molecule has 0 saturated heterocycles. The van der Waals surface area contributed by atoms with Crippen molar-refractivity contribution in [3.63, 3.8) is 0 Å². The number of amides is 1. The molecule has 2 rings (SSSR count). The summed E-state index contributed by atoms with van der Waals surface area (Å²) in [6.45, 7) is 0. The quantitative estimate of drug-likeness (QED) is 0.748. The second-order valence-corrected chi connectivity index (χ2v) is 4.56. The van der Waals surface area contributed by atoms with Gasteiger partial charge in [0.05, 0.1) is 4.88 Å². The Kier molecular flexibility index (Phi) is 1.94. The Morgan fingerprint density at radius 2 is 2.42 bits per heavy atom. The predicted octanol–water partition coefficient (Wildman–Crippen LogP) is 1.97. The van der Waals surface area contributed by atoms with Crippen LogP contribution in [-0.4, -0.2) is 11.7 Å². The maximum Gasteiger partial charge on any atom is 0.258 e. The summed E-state index contributed by atoms with van der Waals surface area (Å²) in [5, 5.41) is 0. The molecule has 0 unspecified atom stereocenters. The Bertz CT molecular complexity index is 354. The number of hydrogen-bond donors (Lipinski definition) is 1. The zero-order chi connectivity index (χ0) is 8.55. The Labute approximate surface area is 78.5 Å². The van der Waals surface area contributed by atoms with Crippen molar-refractivity contribution in [2.24, 2.45) is 5.73 Å². The minimum absolute atomic E-state index is 0.330. The van der Waals surface area contributed by atoms with Crippen LogP contribution >= 0.6 is 23.1 Å². The van der Waals surface area contributed by atoms with Gasteiger partial charge in [-0.3, -0.25) is 4.79 Å². The number of carbonyl (C=O) groups excluding carboxylic acids is 1. The molecule has 1 amide bonds. The first-order valence-electron chi connectivity index (χ1n) is 3.50. The molecule has 2 N–H and O–H groups in total. The van der Waals surface area contributed by atoms with Crippen molar-refractivity contribution in [3.05, 3.63) is 21.9 Å². The summed E-state index contributed by atoms with van der Waals surface area (Å²) in [7, 11) is 0. The molecular formula is C8H7NOS2. The van der Waals surface area contributed by atoms with Gasteiger partial charge in [-0.2, -0.15) is 0 Å². The van der Waals surface area contributed by atoms with E-state index >= 15 is 0 Å². The monoisotopic (exact) mass is 197 g/mol. The van der Waals surface area contributed by atoms with Gasteiger partial charge in [-0.15, -0.1) is 23.1 Å². The summed E-state index contributed by atoms with van der Waals surface area (Å²) in [5.74, 6) is 0.658. The van der Waals surface area contributed by atoms with Gasteiger partial charge < -0.3 is 5.73 Å². The first-order chi connectivity index (χ1) is 5.77. The summed E-state index contributed by atoms with van der Waals surface area (Å²) in [5.41, 5.74) is 5.16. The normalized spacial score (nSPS) is 14.3. The van der Waals surface area contributed by atoms with Gasteiger partial charge in [-0.25, -0.2) is 0 Å². The number of rotatable bonds is 1. The highest BCUT2D eigenvalue weighted by molar-refractivity contribution is 7.99. The third-order valence-corrected chi connectivity index (χ3v) is 3.82. The predicted molar refractivity (Wildman–Crippen MR) is 52.6 cm³/mol. The van der Waals surface area contributed by atoms with Crippen LogP contribution < -0.4 is 5.73 Å². The van der Waals surface area contributed by atoms with E-state index in [1.807, 2.05) is 12.1 Å². The van der Waals surface area contributed by atoms with E-state index in [4.69, 9.17) is 5.73 Å². The minimum Gasteiger partial charge on any atom is -0.365 e. The third-order valence-electron chi connectivity index (χ3n) is 1.57. The number of thioether (sulfide) groups is 1. The summed E-state index contributed by atoms with van der Waals surface area (Å²) in [4.78, 5) is 13.8. The molecule has 12 heavy (non-hydrogen) atoms. The van der Waals surface area contributed by atoms with Gasteiger partial charge in [0.2, 0.25) is 0 Å². The van der Waals surface area contributed by atoms with Gasteiger partial charge in [0.1, 0.15) is 0 Å². The topological polar surface area (TPSA) is 43.1 Å². The third kappa shape index (κ3) is 1.28. The molecule has 0 aromatic carbocycles. The molecule has 0 saturated carbocycles. The first kappa shape index (κ1) is 7.89. The van der Waals surface area contributed by atoms with E-state index < -0.39 is 0 Å². The van der Waals surface area contributed by atoms with Crippen molar-refractivity contribution < 1.29 is 4.79 Å². The molecule has 0 atom stereocenters. The summed E-state index contributed by atoms with van der Waals surface area (Å²) in [6, 6.07) is 1.87. The van der Waals surface area contributed by atoms with Crippen LogP contribution in [0.4, 0.5) is 0 Å². The van der Waals surface area contributed by atoms with Crippen LogP contribution in [0.1, 0.15) is 14.5 Å². The molecule has 2 nitrogen and oxygen atoms in total. The molecule has 1 aromatic rings. The fraction of sp³-hybridized carbons (Fsp3) is 0.125. The van der Waals surface area contributed by atoms with Crippen molar-refractivity contribution in [1.29, 1.82) is 0 Å². The van der Waals surface area contributed by atoms with Gasteiger partial charge in [0.15, 0.2) is 0 Å². The van der Waals surface area contributed by atoms with E-state index in [0.29, 0.717) is 4.88 Å². The van der Waals surface area contributed by atoms with Crippen molar-refractivity contribution in [1.82, 2.24) is 0 Å². The molecular weight excluding hydrogens is 190 g/mol. The Balaban J connectivity index is 2.46. The minimum atomic E-state index is -0.330. The zero-order valence-electron chi connectivity index (χ0n) is 6.24. The maximum absolute atomic E-state index is 10.8. The first-order valence-corrected chi connectivity index (χ1v) is 5.30. The number of nitrogens with two attached hydrogens (primary N) is 1. The van der Waals surface area contributed by atoms with Crippen LogP contribution in [-0.2, 0) is 0 Å². The van der Waals surface area contributed by atoms with Crippen LogP contribution in [0.25, 0.3) is 6.08 Å². The molecule has 0 aliphatic carbocycles. The van der Waals surface area contributed by atoms with E-state index in [1.54, 1.807) is 11.8 Å². The van der Waals surface area contributed by atoms with Crippen LogP contribution in [0.3, 0.4) is 0 Å². The van der Waals surface area contributed by atoms with Crippen molar-refractivity contribution in [3.8, 4) is 0 Å². The maximum atomic E-state index is 10.8. The molecule has 4 heteroatoms. The number of carbonyl (C=O) groups is 1. The standard InChI is InChI=1S/C8H7NOS2/c9-8(10)7-4-6-5(12-7)2-1-3-11-6/h1-2,4H,3H2,(H2,9,10). The fourth-order valence-electron chi connectivity index (χ4n) is 1.03. The zero-order valence-corrected chi connectivity index (χ0v) is 7.87. The Hall–Kier alpha value is -0.740. The van der Waals surface area contributed by atoms with Gasteiger partial charge in [-0.1, -0.05) is 6.08 Å². The van der Waals surface area contributed by atoms with Gasteiger partial charge in [0, 0.05) is 15.5 Å². The number of fused-ring (bicyclic) bond motifs is 1. The molecule has 1 aliphatic rings. The smallest absolute Gasteiger partial charge is 0.258 e. The lowest BCUT2D eigenvalue weighted by atomic mass is 10.4. The summed E-state index contributed by atoms with van der Waals surface area (Å²) >= 11 is 3.20. The average Bonchev–Trinajstić information content (AvgIpc) is 2.46. The Morgan fingerprint density at radius 3 is 3.08 bits per heavy atom. The second-order valence-electron chi connectivity index (χ2n) is 2.42. The number of hydrogen-bond acceptors (Lipinski definition) is 3. The fourth-order valence-corrected chi connectivity index (χ4v) is 3.03. The highest BCUT2D eigenvalue weighted by Crippen LogP contribution is 2.34. The summed E-state index contributed by atoms with van der Waals surface area (Å²) in [6.07, 6.45) is 4.14. The highest BCUT2D eigenvalue weighted by atomic mass is 32.2. The van der Waals surface area contributed by atoms with E-state index in [0.717, 1.165) is 10.6 Å². The lowest BCUT2D eigenvalue weighted by Crippen LogP contribution is -2.08. The molecule has 1 aromatic heterocycles. The van der Waals surface area contributed by atoms with Crippen molar-refractivity contribution >= 4 is 35.1 Å². The lowest BCUT2D eigenvalue weighted by molar-refractivity contribution is 0.100. The van der Waals surface area contributed by atoms with E-state index in [9.17, 15) is 4.79 Å². The van der Waals surface area contributed by atoms with Crippen molar-refractivity contribution in [2.45, 2.75) is 4.90 Å². The highest BCUT2D eigenvalue weighted by Gasteiger charge is 2.12. The van der Waals surface area contributed by atoms with Crippen LogP contribution in [0.2, 0.25) is 0 Å². The second kappa shape index (κ2) is 2.95. The SMILES string of the molecule is NC(=O)c1cc2c(s1)C=CCS2. The molecule has 62 valence electrons. The molecule has 0 spiro atoms. The van der Waals surface area contributed by atoms with Gasteiger partial charge in [0.25, 0.3) is 5.91 Å². The molecule has 0 bridgehead atoms. The summed E-state index contributed by atoms with van der Waals surface area (Å²) < 4.78 is 0.